The van der Waals surface area contributed by atoms with Gasteiger partial charge in [0.2, 0.25) is 14.2 Å². The van der Waals surface area contributed by atoms with Crippen molar-refractivity contribution in [2.45, 2.75) is 16.3 Å². The molecule has 2 aromatic heterocycles. The van der Waals surface area contributed by atoms with Crippen LogP contribution in [0.1, 0.15) is 11.4 Å². The van der Waals surface area contributed by atoms with Crippen molar-refractivity contribution in [1.82, 2.24) is 14.8 Å². The van der Waals surface area contributed by atoms with E-state index in [2.05, 4.69) is 10.1 Å². The van der Waals surface area contributed by atoms with Crippen molar-refractivity contribution in [2.24, 2.45) is 7.05 Å². The SMILES string of the molecule is Cn1nc(C(F)(F)F)cc1CS(=O)(=O)c1ncc(Cl)s1. The average Bonchev–Trinajstić information content (AvgIpc) is 2.85. The van der Waals surface area contributed by atoms with Crippen LogP contribution < -0.4 is 0 Å². The van der Waals surface area contributed by atoms with Crippen molar-refractivity contribution in [1.29, 1.82) is 0 Å². The van der Waals surface area contributed by atoms with Crippen molar-refractivity contribution in [3.63, 3.8) is 0 Å². The highest BCUT2D eigenvalue weighted by Crippen LogP contribution is 2.30. The summed E-state index contributed by atoms with van der Waals surface area (Å²) in [4.78, 5) is 3.62. The van der Waals surface area contributed by atoms with E-state index >= 15 is 0 Å². The standard InChI is InChI=1S/C9H7ClF3N3O2S2/c1-16-5(2-6(15-16)9(11,12)13)4-20(17,18)8-14-3-7(10)19-8/h2-3H,4H2,1H3. The van der Waals surface area contributed by atoms with Gasteiger partial charge in [-0.3, -0.25) is 4.68 Å². The van der Waals surface area contributed by atoms with Crippen LogP contribution in [0.25, 0.3) is 0 Å². The van der Waals surface area contributed by atoms with Crippen LogP contribution in [0.15, 0.2) is 16.6 Å². The number of thiazole rings is 1. The van der Waals surface area contributed by atoms with Gasteiger partial charge in [0.1, 0.15) is 4.34 Å². The van der Waals surface area contributed by atoms with Crippen molar-refractivity contribution in [2.75, 3.05) is 0 Å². The molecule has 5 nitrogen and oxygen atoms in total. The molecule has 2 aromatic rings. The number of hydrogen-bond acceptors (Lipinski definition) is 5. The van der Waals surface area contributed by atoms with Gasteiger partial charge in [0, 0.05) is 7.05 Å². The van der Waals surface area contributed by atoms with E-state index in [-0.39, 0.29) is 14.4 Å². The Balaban J connectivity index is 2.33. The normalized spacial score (nSPS) is 12.8. The van der Waals surface area contributed by atoms with E-state index in [1.54, 1.807) is 0 Å². The minimum Gasteiger partial charge on any atom is -0.271 e. The third-order valence-electron chi connectivity index (χ3n) is 2.33. The lowest BCUT2D eigenvalue weighted by Gasteiger charge is -2.00. The zero-order valence-corrected chi connectivity index (χ0v) is 12.2. The monoisotopic (exact) mass is 345 g/mol. The quantitative estimate of drug-likeness (QED) is 0.857. The zero-order valence-electron chi connectivity index (χ0n) is 9.85. The molecule has 2 heterocycles. The fourth-order valence-electron chi connectivity index (χ4n) is 1.42. The molecule has 0 atom stereocenters. The van der Waals surface area contributed by atoms with Gasteiger partial charge in [-0.1, -0.05) is 22.9 Å². The molecule has 0 bridgehead atoms. The second-order valence-corrected chi connectivity index (χ2v) is 7.66. The summed E-state index contributed by atoms with van der Waals surface area (Å²) in [6.07, 6.45) is -3.45. The maximum atomic E-state index is 12.5. The lowest BCUT2D eigenvalue weighted by atomic mass is 10.4. The maximum absolute atomic E-state index is 12.5. The van der Waals surface area contributed by atoms with Gasteiger partial charge in [-0.2, -0.15) is 18.3 Å². The Bertz CT molecular complexity index is 736. The number of nitrogens with zero attached hydrogens (tertiary/aromatic N) is 3. The zero-order chi connectivity index (χ0) is 15.1. The predicted molar refractivity (Wildman–Crippen MR) is 66.2 cm³/mol. The van der Waals surface area contributed by atoms with E-state index in [9.17, 15) is 21.6 Å². The highest BCUT2D eigenvalue weighted by Gasteiger charge is 2.35. The minimum absolute atomic E-state index is 0.0800. The third kappa shape index (κ3) is 3.13. The largest absolute Gasteiger partial charge is 0.435 e. The molecule has 110 valence electrons. The average molecular weight is 346 g/mol. The Morgan fingerprint density at radius 2 is 2.10 bits per heavy atom. The van der Waals surface area contributed by atoms with E-state index in [0.29, 0.717) is 6.07 Å². The summed E-state index contributed by atoms with van der Waals surface area (Å²) in [6, 6.07) is 0.701. The summed E-state index contributed by atoms with van der Waals surface area (Å²) in [5.74, 6) is -0.629. The predicted octanol–water partition coefficient (Wildman–Crippen LogP) is 2.52. The molecule has 0 radical (unpaired) electrons. The molecule has 0 N–H and O–H groups in total. The van der Waals surface area contributed by atoms with E-state index < -0.39 is 27.5 Å². The first-order valence-corrected chi connectivity index (χ1v) is 7.88. The highest BCUT2D eigenvalue weighted by atomic mass is 35.5. The molecule has 0 aliphatic carbocycles. The van der Waals surface area contributed by atoms with Crippen LogP contribution in [-0.2, 0) is 28.8 Å². The molecule has 0 amide bonds. The van der Waals surface area contributed by atoms with Crippen LogP contribution in [0.5, 0.6) is 0 Å². The van der Waals surface area contributed by atoms with E-state index in [1.807, 2.05) is 0 Å². The van der Waals surface area contributed by atoms with E-state index in [0.717, 1.165) is 16.0 Å². The second-order valence-electron chi connectivity index (χ2n) is 3.83. The molecule has 2 rings (SSSR count). The number of hydrogen-bond donors (Lipinski definition) is 0. The van der Waals surface area contributed by atoms with Crippen LogP contribution in [0.4, 0.5) is 13.2 Å². The summed E-state index contributed by atoms with van der Waals surface area (Å²) >= 11 is 6.34. The molecule has 0 unspecified atom stereocenters. The summed E-state index contributed by atoms with van der Waals surface area (Å²) in [7, 11) is -2.61. The Morgan fingerprint density at radius 1 is 1.45 bits per heavy atom. The molecule has 0 aromatic carbocycles. The number of rotatable bonds is 3. The summed E-state index contributed by atoms with van der Waals surface area (Å²) in [5, 5.41) is 3.25. The van der Waals surface area contributed by atoms with Crippen LogP contribution in [0, 0.1) is 0 Å². The van der Waals surface area contributed by atoms with Gasteiger partial charge in [-0.15, -0.1) is 0 Å². The Labute approximate surface area is 120 Å². The number of sulfone groups is 1. The molecular weight excluding hydrogens is 339 g/mol. The molecule has 0 aliphatic heterocycles. The second kappa shape index (κ2) is 5.01. The van der Waals surface area contributed by atoms with Gasteiger partial charge < -0.3 is 0 Å². The third-order valence-corrected chi connectivity index (χ3v) is 5.56. The first kappa shape index (κ1) is 15.3. The van der Waals surface area contributed by atoms with Crippen molar-refractivity contribution >= 4 is 32.8 Å². The topological polar surface area (TPSA) is 64.8 Å². The molecule has 0 fully saturated rings. The van der Waals surface area contributed by atoms with E-state index in [1.165, 1.54) is 13.2 Å². The van der Waals surface area contributed by atoms with Crippen LogP contribution >= 0.6 is 22.9 Å². The first-order valence-electron chi connectivity index (χ1n) is 5.04. The fourth-order valence-corrected chi connectivity index (χ4v) is 4.15. The lowest BCUT2D eigenvalue weighted by molar-refractivity contribution is -0.141. The summed E-state index contributed by atoms with van der Waals surface area (Å²) in [6.45, 7) is 0. The molecule has 0 saturated carbocycles. The van der Waals surface area contributed by atoms with Crippen LogP contribution in [0.2, 0.25) is 4.34 Å². The van der Waals surface area contributed by atoms with Gasteiger partial charge in [-0.05, 0) is 6.07 Å². The molecular formula is C9H7ClF3N3O2S2. The van der Waals surface area contributed by atoms with Gasteiger partial charge in [0.15, 0.2) is 5.69 Å². The van der Waals surface area contributed by atoms with Crippen LogP contribution in [0.3, 0.4) is 0 Å². The molecule has 0 aliphatic rings. The Kier molecular flexibility index (Phi) is 3.82. The lowest BCUT2D eigenvalue weighted by Crippen LogP contribution is -2.08. The summed E-state index contributed by atoms with van der Waals surface area (Å²) < 4.78 is 62.3. The van der Waals surface area contributed by atoms with Crippen molar-refractivity contribution in [3.05, 3.63) is 28.0 Å². The van der Waals surface area contributed by atoms with Crippen molar-refractivity contribution < 1.29 is 21.6 Å². The number of aryl methyl sites for hydroxylation is 1. The molecule has 20 heavy (non-hydrogen) atoms. The molecule has 0 saturated heterocycles. The maximum Gasteiger partial charge on any atom is 0.435 e. The Hall–Kier alpha value is -1.13. The number of aromatic nitrogens is 3. The fraction of sp³-hybridized carbons (Fsp3) is 0.333. The van der Waals surface area contributed by atoms with Gasteiger partial charge in [0.25, 0.3) is 0 Å². The molecule has 11 heteroatoms. The van der Waals surface area contributed by atoms with Crippen LogP contribution in [-0.4, -0.2) is 23.2 Å². The number of halogens is 4. The smallest absolute Gasteiger partial charge is 0.271 e. The first-order chi connectivity index (χ1) is 9.09. The summed E-state index contributed by atoms with van der Waals surface area (Å²) in [5.41, 5.74) is -1.22. The van der Waals surface area contributed by atoms with Gasteiger partial charge in [0.05, 0.1) is 17.6 Å². The molecule has 0 spiro atoms. The van der Waals surface area contributed by atoms with Gasteiger partial charge in [-0.25, -0.2) is 13.4 Å². The van der Waals surface area contributed by atoms with Gasteiger partial charge >= 0.3 is 6.18 Å². The minimum atomic E-state index is -4.62. The Morgan fingerprint density at radius 3 is 2.55 bits per heavy atom. The number of alkyl halides is 3. The van der Waals surface area contributed by atoms with E-state index in [4.69, 9.17) is 11.6 Å². The highest BCUT2D eigenvalue weighted by molar-refractivity contribution is 7.92. The van der Waals surface area contributed by atoms with Crippen molar-refractivity contribution in [3.8, 4) is 0 Å².